The van der Waals surface area contributed by atoms with Gasteiger partial charge in [0.05, 0.1) is 4.90 Å². The number of hydrogen-bond acceptors (Lipinski definition) is 5. The summed E-state index contributed by atoms with van der Waals surface area (Å²) in [6, 6.07) is 11.3. The number of amides is 1. The summed E-state index contributed by atoms with van der Waals surface area (Å²) in [5.74, 6) is -2.03. The minimum atomic E-state index is -3.99. The van der Waals surface area contributed by atoms with Crippen molar-refractivity contribution in [2.45, 2.75) is 18.2 Å². The number of sulfonamides is 1. The summed E-state index contributed by atoms with van der Waals surface area (Å²) in [5.41, 5.74) is 1.56. The molecule has 0 fully saturated rings. The fourth-order valence-corrected chi connectivity index (χ4v) is 3.15. The van der Waals surface area contributed by atoms with Gasteiger partial charge in [0.15, 0.2) is 6.61 Å². The Labute approximate surface area is 156 Å². The number of aryl methyl sites for hydroxylation is 1. The molecular weight excluding hydrogens is 375 g/mol. The molecule has 0 aliphatic heterocycles. The Hall–Kier alpha value is -2.78. The number of nitrogens with one attached hydrogen (secondary N) is 2. The normalized spacial score (nSPS) is 11.0. The van der Waals surface area contributed by atoms with Crippen LogP contribution in [0.5, 0.6) is 0 Å². The van der Waals surface area contributed by atoms with E-state index in [-0.39, 0.29) is 4.90 Å². The number of hydrogen-bond donors (Lipinski definition) is 2. The van der Waals surface area contributed by atoms with E-state index < -0.39 is 40.9 Å². The Morgan fingerprint density at radius 2 is 1.74 bits per heavy atom. The number of halogens is 1. The monoisotopic (exact) mass is 394 g/mol. The van der Waals surface area contributed by atoms with E-state index in [1.807, 2.05) is 23.8 Å². The summed E-state index contributed by atoms with van der Waals surface area (Å²) >= 11 is 0. The highest BCUT2D eigenvalue weighted by atomic mass is 32.2. The quantitative estimate of drug-likeness (QED) is 0.666. The van der Waals surface area contributed by atoms with Crippen LogP contribution in [0.3, 0.4) is 0 Å². The van der Waals surface area contributed by atoms with Gasteiger partial charge in [-0.1, -0.05) is 25.1 Å². The fraction of sp³-hybridized carbons (Fsp3) is 0.222. The lowest BCUT2D eigenvalue weighted by Crippen LogP contribution is -2.32. The predicted octanol–water partition coefficient (Wildman–Crippen LogP) is 1.85. The third-order valence-corrected chi connectivity index (χ3v) is 4.98. The summed E-state index contributed by atoms with van der Waals surface area (Å²) in [6.45, 7) is 0.742. The van der Waals surface area contributed by atoms with Gasteiger partial charge in [0.2, 0.25) is 10.0 Å². The average Bonchev–Trinajstić information content (AvgIpc) is 2.65. The maximum absolute atomic E-state index is 12.8. The van der Waals surface area contributed by atoms with Crippen molar-refractivity contribution >= 4 is 27.6 Å². The van der Waals surface area contributed by atoms with Gasteiger partial charge in [-0.05, 0) is 42.3 Å². The molecular formula is C18H19FN2O5S. The maximum atomic E-state index is 12.8. The van der Waals surface area contributed by atoms with Gasteiger partial charge >= 0.3 is 5.97 Å². The highest BCUT2D eigenvalue weighted by Crippen LogP contribution is 2.15. The molecule has 0 saturated carbocycles. The van der Waals surface area contributed by atoms with Crippen LogP contribution < -0.4 is 10.0 Å². The molecule has 1 amide bonds. The van der Waals surface area contributed by atoms with Crippen LogP contribution in [0.4, 0.5) is 10.1 Å². The van der Waals surface area contributed by atoms with Gasteiger partial charge in [0.25, 0.3) is 5.91 Å². The highest BCUT2D eigenvalue weighted by Gasteiger charge is 2.17. The van der Waals surface area contributed by atoms with Gasteiger partial charge in [0, 0.05) is 5.69 Å². The predicted molar refractivity (Wildman–Crippen MR) is 97.0 cm³/mol. The SMILES string of the molecule is CCc1ccccc1NC(=O)COC(=O)CNS(=O)(=O)c1ccc(F)cc1. The minimum absolute atomic E-state index is 0.189. The Balaban J connectivity index is 1.82. The summed E-state index contributed by atoms with van der Waals surface area (Å²) in [4.78, 5) is 23.4. The molecule has 0 spiro atoms. The first-order valence-corrected chi connectivity index (χ1v) is 9.58. The van der Waals surface area contributed by atoms with Crippen LogP contribution in [0.1, 0.15) is 12.5 Å². The lowest BCUT2D eigenvalue weighted by molar-refractivity contribution is -0.146. The van der Waals surface area contributed by atoms with Crippen LogP contribution in [0.25, 0.3) is 0 Å². The standard InChI is InChI=1S/C18H19FN2O5S/c1-2-13-5-3-4-6-16(13)21-17(22)12-26-18(23)11-20-27(24,25)15-9-7-14(19)8-10-15/h3-10,20H,2,11-12H2,1H3,(H,21,22). The number of anilines is 1. The number of esters is 1. The third kappa shape index (κ3) is 6.15. The average molecular weight is 394 g/mol. The second-order valence-electron chi connectivity index (χ2n) is 5.50. The molecule has 2 aromatic carbocycles. The van der Waals surface area contributed by atoms with Crippen molar-refractivity contribution in [3.63, 3.8) is 0 Å². The van der Waals surface area contributed by atoms with Gasteiger partial charge in [-0.3, -0.25) is 9.59 Å². The van der Waals surface area contributed by atoms with E-state index >= 15 is 0 Å². The van der Waals surface area contributed by atoms with Gasteiger partial charge in [-0.25, -0.2) is 12.8 Å². The Kier molecular flexibility index (Phi) is 7.03. The van der Waals surface area contributed by atoms with E-state index in [0.29, 0.717) is 5.69 Å². The van der Waals surface area contributed by atoms with Gasteiger partial charge in [-0.2, -0.15) is 4.72 Å². The van der Waals surface area contributed by atoms with Gasteiger partial charge in [-0.15, -0.1) is 0 Å². The molecule has 0 aliphatic carbocycles. The summed E-state index contributed by atoms with van der Waals surface area (Å²) < 4.78 is 43.6. The van der Waals surface area contributed by atoms with Crippen LogP contribution >= 0.6 is 0 Å². The largest absolute Gasteiger partial charge is 0.455 e. The molecule has 27 heavy (non-hydrogen) atoms. The van der Waals surface area contributed by atoms with Crippen molar-refractivity contribution in [2.24, 2.45) is 0 Å². The van der Waals surface area contributed by atoms with Crippen molar-refractivity contribution < 1.29 is 27.1 Å². The summed E-state index contributed by atoms with van der Waals surface area (Å²) in [6.07, 6.45) is 0.724. The zero-order chi connectivity index (χ0) is 19.9. The molecule has 0 unspecified atom stereocenters. The molecule has 0 aliphatic rings. The van der Waals surface area contributed by atoms with Crippen molar-refractivity contribution in [3.8, 4) is 0 Å². The molecule has 0 saturated heterocycles. The van der Waals surface area contributed by atoms with Crippen LogP contribution in [0.2, 0.25) is 0 Å². The molecule has 7 nitrogen and oxygen atoms in total. The van der Waals surface area contributed by atoms with Gasteiger partial charge < -0.3 is 10.1 Å². The summed E-state index contributed by atoms with van der Waals surface area (Å²) in [7, 11) is -3.99. The van der Waals surface area contributed by atoms with E-state index in [2.05, 4.69) is 5.32 Å². The van der Waals surface area contributed by atoms with Gasteiger partial charge in [0.1, 0.15) is 12.4 Å². The number of benzene rings is 2. The van der Waals surface area contributed by atoms with Crippen molar-refractivity contribution in [1.29, 1.82) is 0 Å². The second kappa shape index (κ2) is 9.24. The molecule has 0 radical (unpaired) electrons. The molecule has 0 bridgehead atoms. The molecule has 144 valence electrons. The highest BCUT2D eigenvalue weighted by molar-refractivity contribution is 7.89. The lowest BCUT2D eigenvalue weighted by atomic mass is 10.1. The smallest absolute Gasteiger partial charge is 0.321 e. The minimum Gasteiger partial charge on any atom is -0.455 e. The van der Waals surface area contributed by atoms with Crippen LogP contribution in [0.15, 0.2) is 53.4 Å². The van der Waals surface area contributed by atoms with Crippen molar-refractivity contribution in [1.82, 2.24) is 4.72 Å². The molecule has 2 rings (SSSR count). The maximum Gasteiger partial charge on any atom is 0.321 e. The molecule has 9 heteroatoms. The number of rotatable bonds is 8. The second-order valence-corrected chi connectivity index (χ2v) is 7.26. The zero-order valence-corrected chi connectivity index (χ0v) is 15.4. The number of ether oxygens (including phenoxy) is 1. The Morgan fingerprint density at radius 3 is 2.41 bits per heavy atom. The number of carbonyl (C=O) groups is 2. The number of carbonyl (C=O) groups excluding carboxylic acids is 2. The van der Waals surface area contributed by atoms with E-state index in [1.54, 1.807) is 12.1 Å². The van der Waals surface area contributed by atoms with Crippen molar-refractivity contribution in [2.75, 3.05) is 18.5 Å². The summed E-state index contributed by atoms with van der Waals surface area (Å²) in [5, 5.41) is 2.63. The van der Waals surface area contributed by atoms with Crippen LogP contribution in [0, 0.1) is 5.82 Å². The lowest BCUT2D eigenvalue weighted by Gasteiger charge is -2.10. The van der Waals surface area contributed by atoms with Crippen LogP contribution in [-0.2, 0) is 30.8 Å². The fourth-order valence-electron chi connectivity index (χ4n) is 2.18. The first kappa shape index (κ1) is 20.5. The molecule has 0 aromatic heterocycles. The first-order chi connectivity index (χ1) is 12.8. The third-order valence-electron chi connectivity index (χ3n) is 3.57. The molecule has 2 aromatic rings. The van der Waals surface area contributed by atoms with E-state index in [9.17, 15) is 22.4 Å². The molecule has 0 atom stereocenters. The topological polar surface area (TPSA) is 102 Å². The van der Waals surface area contributed by atoms with Crippen molar-refractivity contribution in [3.05, 3.63) is 59.9 Å². The molecule has 0 heterocycles. The number of para-hydroxylation sites is 1. The van der Waals surface area contributed by atoms with E-state index in [1.165, 1.54) is 0 Å². The van der Waals surface area contributed by atoms with E-state index in [0.717, 1.165) is 36.2 Å². The van der Waals surface area contributed by atoms with E-state index in [4.69, 9.17) is 4.74 Å². The Morgan fingerprint density at radius 1 is 1.07 bits per heavy atom. The van der Waals surface area contributed by atoms with Crippen LogP contribution in [-0.4, -0.2) is 33.4 Å². The zero-order valence-electron chi connectivity index (χ0n) is 14.6. The first-order valence-electron chi connectivity index (χ1n) is 8.10. The Bertz CT molecular complexity index is 914. The molecule has 2 N–H and O–H groups in total.